The second-order valence-corrected chi connectivity index (χ2v) is 5.33. The van der Waals surface area contributed by atoms with Crippen molar-refractivity contribution in [1.82, 2.24) is 0 Å². The molecule has 1 saturated heterocycles. The standard InChI is InChI=1S/C12H17FN2OS/c1-16-12-7-11(9(13)6-10(12)14)15-8-2-4-17-5-3-8/h6-8,15H,2-5,14H2,1H3. The third-order valence-corrected chi connectivity index (χ3v) is 3.95. The van der Waals surface area contributed by atoms with Gasteiger partial charge in [-0.25, -0.2) is 4.39 Å². The van der Waals surface area contributed by atoms with E-state index < -0.39 is 0 Å². The fourth-order valence-corrected chi connectivity index (χ4v) is 3.02. The summed E-state index contributed by atoms with van der Waals surface area (Å²) in [5.41, 5.74) is 6.45. The molecule has 1 aromatic carbocycles. The minimum absolute atomic E-state index is 0.318. The Morgan fingerprint density at radius 1 is 1.41 bits per heavy atom. The SMILES string of the molecule is COc1cc(NC2CCSCC2)c(F)cc1N. The molecule has 1 aliphatic heterocycles. The fraction of sp³-hybridized carbons (Fsp3) is 0.500. The van der Waals surface area contributed by atoms with Crippen LogP contribution in [0.2, 0.25) is 0 Å². The maximum absolute atomic E-state index is 13.7. The largest absolute Gasteiger partial charge is 0.495 e. The van der Waals surface area contributed by atoms with Crippen molar-refractivity contribution in [1.29, 1.82) is 0 Å². The van der Waals surface area contributed by atoms with Gasteiger partial charge in [-0.1, -0.05) is 0 Å². The van der Waals surface area contributed by atoms with Crippen LogP contribution in [-0.2, 0) is 0 Å². The number of anilines is 2. The zero-order valence-corrected chi connectivity index (χ0v) is 10.6. The van der Waals surface area contributed by atoms with Crippen LogP contribution in [0.1, 0.15) is 12.8 Å². The first-order chi connectivity index (χ1) is 8.20. The summed E-state index contributed by atoms with van der Waals surface area (Å²) in [6, 6.07) is 3.28. The lowest BCUT2D eigenvalue weighted by Gasteiger charge is -2.24. The molecule has 1 fully saturated rings. The number of thioether (sulfide) groups is 1. The van der Waals surface area contributed by atoms with E-state index in [-0.39, 0.29) is 5.82 Å². The molecule has 5 heteroatoms. The molecule has 0 spiro atoms. The van der Waals surface area contributed by atoms with E-state index in [4.69, 9.17) is 10.5 Å². The van der Waals surface area contributed by atoms with Gasteiger partial charge in [0.1, 0.15) is 11.6 Å². The maximum Gasteiger partial charge on any atom is 0.148 e. The van der Waals surface area contributed by atoms with Crippen LogP contribution in [-0.4, -0.2) is 24.7 Å². The number of nitrogen functional groups attached to an aromatic ring is 1. The van der Waals surface area contributed by atoms with Gasteiger partial charge in [0.2, 0.25) is 0 Å². The second-order valence-electron chi connectivity index (χ2n) is 4.10. The number of ether oxygens (including phenoxy) is 1. The van der Waals surface area contributed by atoms with E-state index >= 15 is 0 Å². The zero-order valence-electron chi connectivity index (χ0n) is 9.83. The molecule has 0 saturated carbocycles. The lowest BCUT2D eigenvalue weighted by atomic mass is 10.1. The second kappa shape index (κ2) is 5.49. The molecule has 94 valence electrons. The molecule has 1 aliphatic rings. The average Bonchev–Trinajstić information content (AvgIpc) is 2.34. The molecule has 0 aromatic heterocycles. The number of rotatable bonds is 3. The normalized spacial score (nSPS) is 16.8. The molecule has 0 aliphatic carbocycles. The monoisotopic (exact) mass is 256 g/mol. The molecule has 1 heterocycles. The molecule has 0 unspecified atom stereocenters. The van der Waals surface area contributed by atoms with Crippen molar-refractivity contribution in [2.75, 3.05) is 29.7 Å². The van der Waals surface area contributed by atoms with Crippen LogP contribution in [0.3, 0.4) is 0 Å². The van der Waals surface area contributed by atoms with Gasteiger partial charge >= 0.3 is 0 Å². The van der Waals surface area contributed by atoms with Crippen LogP contribution in [0.5, 0.6) is 5.75 Å². The van der Waals surface area contributed by atoms with Crippen molar-refractivity contribution in [3.8, 4) is 5.75 Å². The van der Waals surface area contributed by atoms with Crippen molar-refractivity contribution in [3.63, 3.8) is 0 Å². The van der Waals surface area contributed by atoms with Gasteiger partial charge in [0, 0.05) is 18.2 Å². The lowest BCUT2D eigenvalue weighted by Crippen LogP contribution is -2.25. The van der Waals surface area contributed by atoms with Crippen molar-refractivity contribution in [2.24, 2.45) is 0 Å². The predicted molar refractivity (Wildman–Crippen MR) is 71.3 cm³/mol. The molecule has 0 amide bonds. The van der Waals surface area contributed by atoms with Crippen molar-refractivity contribution in [3.05, 3.63) is 17.9 Å². The number of methoxy groups -OCH3 is 1. The smallest absolute Gasteiger partial charge is 0.148 e. The Bertz CT molecular complexity index is 394. The third-order valence-electron chi connectivity index (χ3n) is 2.90. The Balaban J connectivity index is 2.13. The van der Waals surface area contributed by atoms with Crippen molar-refractivity contribution >= 4 is 23.1 Å². The Hall–Kier alpha value is -1.10. The number of nitrogens with one attached hydrogen (secondary N) is 1. The first-order valence-corrected chi connectivity index (χ1v) is 6.83. The summed E-state index contributed by atoms with van der Waals surface area (Å²) >= 11 is 1.95. The van der Waals surface area contributed by atoms with Crippen LogP contribution < -0.4 is 15.8 Å². The Kier molecular flexibility index (Phi) is 3.99. The van der Waals surface area contributed by atoms with Crippen molar-refractivity contribution < 1.29 is 9.13 Å². The molecule has 2 rings (SSSR count). The summed E-state index contributed by atoms with van der Waals surface area (Å²) in [6.45, 7) is 0. The topological polar surface area (TPSA) is 47.3 Å². The van der Waals surface area contributed by atoms with Crippen LogP contribution in [0, 0.1) is 5.82 Å². The van der Waals surface area contributed by atoms with E-state index in [1.165, 1.54) is 13.2 Å². The van der Waals surface area contributed by atoms with Gasteiger partial charge in [-0.3, -0.25) is 0 Å². The highest BCUT2D eigenvalue weighted by molar-refractivity contribution is 7.99. The van der Waals surface area contributed by atoms with E-state index in [0.717, 1.165) is 24.3 Å². The van der Waals surface area contributed by atoms with Gasteiger partial charge in [-0.15, -0.1) is 0 Å². The summed E-state index contributed by atoms with van der Waals surface area (Å²) in [6.07, 6.45) is 2.13. The molecule has 0 atom stereocenters. The van der Waals surface area contributed by atoms with Crippen LogP contribution in [0.4, 0.5) is 15.8 Å². The number of benzene rings is 1. The highest BCUT2D eigenvalue weighted by atomic mass is 32.2. The number of nitrogens with two attached hydrogens (primary N) is 1. The van der Waals surface area contributed by atoms with Gasteiger partial charge in [0.25, 0.3) is 0 Å². The number of hydrogen-bond acceptors (Lipinski definition) is 4. The fourth-order valence-electron chi connectivity index (χ4n) is 1.92. The highest BCUT2D eigenvalue weighted by Crippen LogP contribution is 2.30. The summed E-state index contributed by atoms with van der Waals surface area (Å²) < 4.78 is 18.8. The van der Waals surface area contributed by atoms with E-state index in [0.29, 0.717) is 23.2 Å². The van der Waals surface area contributed by atoms with E-state index in [1.54, 1.807) is 6.07 Å². The Morgan fingerprint density at radius 2 is 2.12 bits per heavy atom. The Morgan fingerprint density at radius 3 is 2.76 bits per heavy atom. The zero-order chi connectivity index (χ0) is 12.3. The van der Waals surface area contributed by atoms with Gasteiger partial charge in [0.05, 0.1) is 18.5 Å². The highest BCUT2D eigenvalue weighted by Gasteiger charge is 2.16. The average molecular weight is 256 g/mol. The molecule has 0 radical (unpaired) electrons. The minimum Gasteiger partial charge on any atom is -0.495 e. The summed E-state index contributed by atoms with van der Waals surface area (Å²) in [4.78, 5) is 0. The minimum atomic E-state index is -0.318. The van der Waals surface area contributed by atoms with Gasteiger partial charge in [-0.2, -0.15) is 11.8 Å². The van der Waals surface area contributed by atoms with Crippen LogP contribution in [0.15, 0.2) is 12.1 Å². The quantitative estimate of drug-likeness (QED) is 0.816. The first kappa shape index (κ1) is 12.4. The molecule has 3 N–H and O–H groups in total. The van der Waals surface area contributed by atoms with Crippen LogP contribution >= 0.6 is 11.8 Å². The van der Waals surface area contributed by atoms with Crippen molar-refractivity contribution in [2.45, 2.75) is 18.9 Å². The van der Waals surface area contributed by atoms with E-state index in [2.05, 4.69) is 5.32 Å². The van der Waals surface area contributed by atoms with Gasteiger partial charge in [-0.05, 0) is 24.3 Å². The lowest BCUT2D eigenvalue weighted by molar-refractivity contribution is 0.416. The van der Waals surface area contributed by atoms with E-state index in [9.17, 15) is 4.39 Å². The molecular weight excluding hydrogens is 239 g/mol. The predicted octanol–water partition coefficient (Wildman–Crippen LogP) is 2.72. The van der Waals surface area contributed by atoms with Gasteiger partial charge in [0.15, 0.2) is 0 Å². The maximum atomic E-state index is 13.7. The molecular formula is C12H17FN2OS. The number of halogens is 1. The molecule has 1 aromatic rings. The van der Waals surface area contributed by atoms with E-state index in [1.807, 2.05) is 11.8 Å². The molecule has 0 bridgehead atoms. The third kappa shape index (κ3) is 2.97. The summed E-state index contributed by atoms with van der Waals surface area (Å²) in [5, 5.41) is 3.23. The molecule has 17 heavy (non-hydrogen) atoms. The summed E-state index contributed by atoms with van der Waals surface area (Å²) in [7, 11) is 1.53. The first-order valence-electron chi connectivity index (χ1n) is 5.68. The summed E-state index contributed by atoms with van der Waals surface area (Å²) in [5.74, 6) is 2.46. The van der Waals surface area contributed by atoms with Gasteiger partial charge < -0.3 is 15.8 Å². The Labute approximate surface area is 105 Å². The number of hydrogen-bond donors (Lipinski definition) is 2. The van der Waals surface area contributed by atoms with Crippen LogP contribution in [0.25, 0.3) is 0 Å². The molecule has 3 nitrogen and oxygen atoms in total.